The van der Waals surface area contributed by atoms with Gasteiger partial charge in [-0.2, -0.15) is 0 Å². The summed E-state index contributed by atoms with van der Waals surface area (Å²) in [5.41, 5.74) is -0.446. The second kappa shape index (κ2) is 6.03. The summed E-state index contributed by atoms with van der Waals surface area (Å²) in [4.78, 5) is 32.2. The van der Waals surface area contributed by atoms with E-state index in [1.54, 1.807) is 20.8 Å². The van der Waals surface area contributed by atoms with Crippen LogP contribution in [0.4, 0.5) is 0 Å². The van der Waals surface area contributed by atoms with Crippen LogP contribution < -0.4 is 0 Å². The number of rotatable bonds is 5. The molecule has 0 aliphatic carbocycles. The van der Waals surface area contributed by atoms with Gasteiger partial charge in [0.2, 0.25) is 0 Å². The third kappa shape index (κ3) is 8.01. The topological polar surface area (TPSA) is 101 Å². The van der Waals surface area contributed by atoms with Crippen LogP contribution in [-0.4, -0.2) is 34.7 Å². The van der Waals surface area contributed by atoms with Gasteiger partial charge in [0, 0.05) is 5.57 Å². The van der Waals surface area contributed by atoms with Crippen molar-refractivity contribution < 1.29 is 29.3 Å². The number of esters is 1. The lowest BCUT2D eigenvalue weighted by Gasteiger charge is -2.14. The van der Waals surface area contributed by atoms with E-state index in [-0.39, 0.29) is 5.57 Å². The zero-order valence-electron chi connectivity index (χ0n) is 10.0. The molecule has 0 saturated carbocycles. The van der Waals surface area contributed by atoms with Gasteiger partial charge in [-0.05, 0) is 5.41 Å². The maximum Gasteiger partial charge on any atom is 0.341 e. The van der Waals surface area contributed by atoms with Crippen LogP contribution >= 0.6 is 0 Å². The van der Waals surface area contributed by atoms with Crippen molar-refractivity contribution in [2.45, 2.75) is 27.2 Å². The van der Waals surface area contributed by atoms with Crippen molar-refractivity contribution in [2.24, 2.45) is 5.41 Å². The van der Waals surface area contributed by atoms with Crippen LogP contribution in [0.3, 0.4) is 0 Å². The van der Waals surface area contributed by atoms with E-state index in [4.69, 9.17) is 10.2 Å². The normalized spacial score (nSPS) is 12.1. The molecule has 0 aliphatic heterocycles. The second-order valence-electron chi connectivity index (χ2n) is 4.58. The van der Waals surface area contributed by atoms with Gasteiger partial charge in [-0.15, -0.1) is 0 Å². The Labute approximate surface area is 98.9 Å². The van der Waals surface area contributed by atoms with Gasteiger partial charge in [-0.3, -0.25) is 4.79 Å². The molecule has 0 amide bonds. The molecule has 0 aromatic carbocycles. The number of aliphatic carboxylic acids is 2. The van der Waals surface area contributed by atoms with E-state index in [0.717, 1.165) is 0 Å². The van der Waals surface area contributed by atoms with Crippen molar-refractivity contribution in [2.75, 3.05) is 6.61 Å². The highest BCUT2D eigenvalue weighted by atomic mass is 16.5. The third-order valence-corrected chi connectivity index (χ3v) is 1.54. The summed E-state index contributed by atoms with van der Waals surface area (Å²) in [7, 11) is 0. The van der Waals surface area contributed by atoms with E-state index in [0.29, 0.717) is 0 Å². The largest absolute Gasteiger partial charge is 0.481 e. The number of carboxylic acid groups (broad SMARTS) is 2. The number of carbonyl (C=O) groups is 3. The van der Waals surface area contributed by atoms with Gasteiger partial charge in [-0.25, -0.2) is 9.59 Å². The van der Waals surface area contributed by atoms with Gasteiger partial charge in [0.25, 0.3) is 0 Å². The van der Waals surface area contributed by atoms with E-state index in [2.05, 4.69) is 4.74 Å². The summed E-state index contributed by atoms with van der Waals surface area (Å²) in [5.74, 6) is -3.37. The fourth-order valence-corrected chi connectivity index (χ4v) is 1.09. The Morgan fingerprint density at radius 1 is 1.12 bits per heavy atom. The third-order valence-electron chi connectivity index (χ3n) is 1.54. The van der Waals surface area contributed by atoms with Gasteiger partial charge in [0.05, 0.1) is 6.42 Å². The van der Waals surface area contributed by atoms with Crippen LogP contribution in [0.1, 0.15) is 27.2 Å². The first-order chi connectivity index (χ1) is 7.61. The summed E-state index contributed by atoms with van der Waals surface area (Å²) >= 11 is 0. The van der Waals surface area contributed by atoms with Crippen LogP contribution in [0.15, 0.2) is 11.6 Å². The minimum absolute atomic E-state index is 0.0498. The first-order valence-electron chi connectivity index (χ1n) is 4.94. The second-order valence-corrected chi connectivity index (χ2v) is 4.58. The molecule has 0 fully saturated rings. The maximum atomic E-state index is 11.4. The van der Waals surface area contributed by atoms with Crippen molar-refractivity contribution in [3.05, 3.63) is 11.6 Å². The summed E-state index contributed by atoms with van der Waals surface area (Å²) < 4.78 is 4.44. The zero-order valence-corrected chi connectivity index (χ0v) is 10.0. The van der Waals surface area contributed by atoms with Gasteiger partial charge in [-0.1, -0.05) is 26.8 Å². The van der Waals surface area contributed by atoms with E-state index >= 15 is 0 Å². The van der Waals surface area contributed by atoms with Crippen LogP contribution in [-0.2, 0) is 19.1 Å². The summed E-state index contributed by atoms with van der Waals surface area (Å²) in [6.07, 6.45) is 0.973. The molecule has 0 rings (SSSR count). The lowest BCUT2D eigenvalue weighted by atomic mass is 9.92. The quantitative estimate of drug-likeness (QED) is 0.554. The number of hydrogen-bond acceptors (Lipinski definition) is 4. The Bertz CT molecular complexity index is 347. The monoisotopic (exact) mass is 244 g/mol. The van der Waals surface area contributed by atoms with Gasteiger partial charge < -0.3 is 14.9 Å². The number of carbonyl (C=O) groups excluding carboxylic acids is 1. The average molecular weight is 244 g/mol. The maximum absolute atomic E-state index is 11.4. The molecule has 0 saturated heterocycles. The van der Waals surface area contributed by atoms with Crippen molar-refractivity contribution in [3.63, 3.8) is 0 Å². The molecule has 0 heterocycles. The molecule has 2 N–H and O–H groups in total. The number of ether oxygens (including phenoxy) is 1. The Morgan fingerprint density at radius 3 is 2.00 bits per heavy atom. The Morgan fingerprint density at radius 2 is 1.65 bits per heavy atom. The predicted molar refractivity (Wildman–Crippen MR) is 58.4 cm³/mol. The molecule has 0 atom stereocenters. The first kappa shape index (κ1) is 15.2. The molecule has 0 bridgehead atoms. The van der Waals surface area contributed by atoms with E-state index in [1.165, 1.54) is 6.08 Å². The van der Waals surface area contributed by atoms with Crippen LogP contribution in [0.25, 0.3) is 0 Å². The smallest absolute Gasteiger partial charge is 0.341 e. The standard InChI is InChI=1S/C11H16O6/c1-11(2,3)5-7(4-8(12)13)10(16)17-6-9(14)15/h5H,4,6H2,1-3H3,(H,12,13)(H,14,15). The lowest BCUT2D eigenvalue weighted by Crippen LogP contribution is -2.18. The van der Waals surface area contributed by atoms with Crippen LogP contribution in [0.5, 0.6) is 0 Å². The number of hydrogen-bond donors (Lipinski definition) is 2. The lowest BCUT2D eigenvalue weighted by molar-refractivity contribution is -0.153. The number of carboxylic acids is 2. The first-order valence-corrected chi connectivity index (χ1v) is 4.94. The molecule has 0 radical (unpaired) electrons. The van der Waals surface area contributed by atoms with Crippen molar-refractivity contribution in [1.82, 2.24) is 0 Å². The van der Waals surface area contributed by atoms with Crippen LogP contribution in [0, 0.1) is 5.41 Å². The summed E-state index contributed by atoms with van der Waals surface area (Å²) in [6, 6.07) is 0. The molecule has 0 unspecified atom stereocenters. The van der Waals surface area contributed by atoms with Gasteiger partial charge >= 0.3 is 17.9 Å². The molecular formula is C11H16O6. The van der Waals surface area contributed by atoms with E-state index < -0.39 is 36.4 Å². The predicted octanol–water partition coefficient (Wildman–Crippen LogP) is 1.06. The molecule has 0 spiro atoms. The van der Waals surface area contributed by atoms with Crippen molar-refractivity contribution in [3.8, 4) is 0 Å². The SMILES string of the molecule is CC(C)(C)C=C(CC(=O)O)C(=O)OCC(=O)O. The zero-order chi connectivity index (χ0) is 13.6. The highest BCUT2D eigenvalue weighted by Gasteiger charge is 2.19. The summed E-state index contributed by atoms with van der Waals surface area (Å²) in [5, 5.41) is 17.0. The molecule has 6 nitrogen and oxygen atoms in total. The highest BCUT2D eigenvalue weighted by molar-refractivity contribution is 5.94. The fraction of sp³-hybridized carbons (Fsp3) is 0.545. The minimum atomic E-state index is -1.29. The Hall–Kier alpha value is -1.85. The van der Waals surface area contributed by atoms with Crippen molar-refractivity contribution >= 4 is 17.9 Å². The molecular weight excluding hydrogens is 228 g/mol. The summed E-state index contributed by atoms with van der Waals surface area (Å²) in [6.45, 7) is 4.60. The molecule has 96 valence electrons. The van der Waals surface area contributed by atoms with E-state index in [9.17, 15) is 14.4 Å². The molecule has 6 heteroatoms. The Balaban J connectivity index is 4.81. The average Bonchev–Trinajstić information content (AvgIpc) is 2.09. The van der Waals surface area contributed by atoms with Gasteiger partial charge in [0.1, 0.15) is 0 Å². The van der Waals surface area contributed by atoms with Gasteiger partial charge in [0.15, 0.2) is 6.61 Å². The van der Waals surface area contributed by atoms with Crippen LogP contribution in [0.2, 0.25) is 0 Å². The van der Waals surface area contributed by atoms with E-state index in [1.807, 2.05) is 0 Å². The molecule has 0 aromatic heterocycles. The Kier molecular flexibility index (Phi) is 5.37. The van der Waals surface area contributed by atoms with Crippen molar-refractivity contribution in [1.29, 1.82) is 0 Å². The molecule has 0 aromatic rings. The fourth-order valence-electron chi connectivity index (χ4n) is 1.09. The molecule has 17 heavy (non-hydrogen) atoms. The highest BCUT2D eigenvalue weighted by Crippen LogP contribution is 2.20. The minimum Gasteiger partial charge on any atom is -0.481 e. The molecule has 0 aliphatic rings. The number of allylic oxidation sites excluding steroid dienone is 1.